The summed E-state index contributed by atoms with van der Waals surface area (Å²) in [6.45, 7) is 2.09. The van der Waals surface area contributed by atoms with Crippen LogP contribution in [0.2, 0.25) is 0 Å². The smallest absolute Gasteiger partial charge is 0.133 e. The first-order valence-corrected chi connectivity index (χ1v) is 6.62. The number of rotatable bonds is 2. The van der Waals surface area contributed by atoms with Gasteiger partial charge < -0.3 is 4.98 Å². The average Bonchev–Trinajstić information content (AvgIpc) is 2.46. The van der Waals surface area contributed by atoms with Crippen molar-refractivity contribution in [2.75, 3.05) is 0 Å². The fourth-order valence-corrected chi connectivity index (χ4v) is 2.60. The molecule has 0 amide bonds. The van der Waals surface area contributed by atoms with Crippen molar-refractivity contribution in [1.82, 2.24) is 15.0 Å². The van der Waals surface area contributed by atoms with Gasteiger partial charge in [0.15, 0.2) is 0 Å². The highest BCUT2D eigenvalue weighted by Gasteiger charge is 2.10. The van der Waals surface area contributed by atoms with E-state index in [9.17, 15) is 0 Å². The van der Waals surface area contributed by atoms with Crippen LogP contribution in [0.15, 0.2) is 42.9 Å². The highest BCUT2D eigenvalue weighted by molar-refractivity contribution is 7.71. The molecule has 0 aliphatic carbocycles. The number of pyridine rings is 1. The van der Waals surface area contributed by atoms with E-state index in [1.165, 1.54) is 0 Å². The zero-order chi connectivity index (χ0) is 13.2. The van der Waals surface area contributed by atoms with Crippen LogP contribution >= 0.6 is 12.2 Å². The minimum Gasteiger partial charge on any atom is -0.345 e. The quantitative estimate of drug-likeness (QED) is 0.716. The minimum absolute atomic E-state index is 0.657. The Morgan fingerprint density at radius 2 is 2.00 bits per heavy atom. The highest BCUT2D eigenvalue weighted by Crippen LogP contribution is 2.28. The number of benzene rings is 1. The van der Waals surface area contributed by atoms with Gasteiger partial charge >= 0.3 is 0 Å². The van der Waals surface area contributed by atoms with E-state index in [1.54, 1.807) is 6.33 Å². The molecule has 0 fully saturated rings. The van der Waals surface area contributed by atoms with E-state index in [0.29, 0.717) is 4.64 Å². The van der Waals surface area contributed by atoms with E-state index in [4.69, 9.17) is 12.2 Å². The largest absolute Gasteiger partial charge is 0.345 e. The monoisotopic (exact) mass is 267 g/mol. The van der Waals surface area contributed by atoms with Crippen LogP contribution in [0.4, 0.5) is 0 Å². The molecule has 2 heterocycles. The van der Waals surface area contributed by atoms with Gasteiger partial charge in [0.05, 0.1) is 17.5 Å². The number of para-hydroxylation sites is 1. The molecule has 19 heavy (non-hydrogen) atoms. The lowest BCUT2D eigenvalue weighted by Gasteiger charge is -2.09. The van der Waals surface area contributed by atoms with Gasteiger partial charge in [-0.15, -0.1) is 0 Å². The molecule has 94 valence electrons. The molecular formula is C15H13N3S. The zero-order valence-electron chi connectivity index (χ0n) is 10.6. The van der Waals surface area contributed by atoms with E-state index in [-0.39, 0.29) is 0 Å². The third-order valence-electron chi connectivity index (χ3n) is 3.21. The maximum Gasteiger partial charge on any atom is 0.133 e. The predicted molar refractivity (Wildman–Crippen MR) is 79.5 cm³/mol. The Labute approximate surface area is 116 Å². The maximum atomic E-state index is 5.31. The normalized spacial score (nSPS) is 10.8. The van der Waals surface area contributed by atoms with Crippen LogP contribution in [0.1, 0.15) is 12.5 Å². The van der Waals surface area contributed by atoms with Crippen LogP contribution in [0.3, 0.4) is 0 Å². The van der Waals surface area contributed by atoms with Gasteiger partial charge in [0.1, 0.15) is 4.64 Å². The minimum atomic E-state index is 0.657. The fraction of sp³-hybridized carbons (Fsp3) is 0.133. The molecule has 0 bridgehead atoms. The van der Waals surface area contributed by atoms with Crippen LogP contribution < -0.4 is 0 Å². The van der Waals surface area contributed by atoms with Crippen molar-refractivity contribution in [2.45, 2.75) is 13.3 Å². The Morgan fingerprint density at radius 1 is 1.16 bits per heavy atom. The highest BCUT2D eigenvalue weighted by atomic mass is 32.1. The van der Waals surface area contributed by atoms with Crippen LogP contribution in [-0.2, 0) is 6.42 Å². The molecule has 2 aromatic heterocycles. The first-order valence-electron chi connectivity index (χ1n) is 6.22. The third-order valence-corrected chi connectivity index (χ3v) is 3.56. The summed E-state index contributed by atoms with van der Waals surface area (Å²) in [5, 5.41) is 1.12. The van der Waals surface area contributed by atoms with Gasteiger partial charge in [-0.2, -0.15) is 0 Å². The fourth-order valence-electron chi connectivity index (χ4n) is 2.30. The summed E-state index contributed by atoms with van der Waals surface area (Å²) < 4.78 is 0.657. The molecule has 0 saturated heterocycles. The summed E-state index contributed by atoms with van der Waals surface area (Å²) >= 11 is 5.31. The van der Waals surface area contributed by atoms with Gasteiger partial charge in [0.2, 0.25) is 0 Å². The van der Waals surface area contributed by atoms with E-state index in [2.05, 4.69) is 40.1 Å². The SMILES string of the molecule is CCc1c(-c2cccc3cccnc23)[nH]cnc1=S. The van der Waals surface area contributed by atoms with Gasteiger partial charge in [0, 0.05) is 22.7 Å². The lowest BCUT2D eigenvalue weighted by Crippen LogP contribution is -1.96. The summed E-state index contributed by atoms with van der Waals surface area (Å²) in [6, 6.07) is 10.2. The Kier molecular flexibility index (Phi) is 3.09. The van der Waals surface area contributed by atoms with Crippen LogP contribution in [0, 0.1) is 4.64 Å². The number of nitrogens with zero attached hydrogens (tertiary/aromatic N) is 2. The first-order chi connectivity index (χ1) is 9.31. The lowest BCUT2D eigenvalue weighted by molar-refractivity contribution is 1.04. The summed E-state index contributed by atoms with van der Waals surface area (Å²) in [7, 11) is 0. The number of fused-ring (bicyclic) bond motifs is 1. The summed E-state index contributed by atoms with van der Waals surface area (Å²) in [5.74, 6) is 0. The van der Waals surface area contributed by atoms with Crippen molar-refractivity contribution < 1.29 is 0 Å². The van der Waals surface area contributed by atoms with Crippen molar-refractivity contribution in [1.29, 1.82) is 0 Å². The molecule has 1 aromatic carbocycles. The van der Waals surface area contributed by atoms with Crippen molar-refractivity contribution in [3.63, 3.8) is 0 Å². The Bertz CT molecular complexity index is 787. The Morgan fingerprint density at radius 3 is 2.84 bits per heavy atom. The van der Waals surface area contributed by atoms with E-state index < -0.39 is 0 Å². The number of nitrogens with one attached hydrogen (secondary N) is 1. The molecule has 3 rings (SSSR count). The summed E-state index contributed by atoms with van der Waals surface area (Å²) in [6.07, 6.45) is 4.31. The molecule has 0 saturated carbocycles. The molecular weight excluding hydrogens is 254 g/mol. The third kappa shape index (κ3) is 2.04. The van der Waals surface area contributed by atoms with Crippen LogP contribution in [0.5, 0.6) is 0 Å². The number of H-pyrrole nitrogens is 1. The van der Waals surface area contributed by atoms with Gasteiger partial charge in [-0.1, -0.05) is 43.4 Å². The van der Waals surface area contributed by atoms with Crippen LogP contribution in [0.25, 0.3) is 22.2 Å². The van der Waals surface area contributed by atoms with Crippen molar-refractivity contribution in [3.8, 4) is 11.3 Å². The lowest BCUT2D eigenvalue weighted by atomic mass is 10.0. The number of aromatic nitrogens is 3. The second kappa shape index (κ2) is 4.90. The van der Waals surface area contributed by atoms with Gasteiger partial charge in [-0.25, -0.2) is 4.98 Å². The average molecular weight is 267 g/mol. The molecule has 3 nitrogen and oxygen atoms in total. The van der Waals surface area contributed by atoms with Crippen molar-refractivity contribution in [3.05, 3.63) is 53.1 Å². The Balaban J connectivity index is 2.37. The molecule has 0 aliphatic heterocycles. The second-order valence-corrected chi connectivity index (χ2v) is 4.68. The van der Waals surface area contributed by atoms with Crippen LogP contribution in [-0.4, -0.2) is 15.0 Å². The number of aromatic amines is 1. The Hall–Kier alpha value is -2.07. The summed E-state index contributed by atoms with van der Waals surface area (Å²) in [4.78, 5) is 11.9. The number of hydrogen-bond acceptors (Lipinski definition) is 3. The van der Waals surface area contributed by atoms with Gasteiger partial charge in [-0.05, 0) is 12.5 Å². The molecule has 3 aromatic rings. The van der Waals surface area contributed by atoms with E-state index in [1.807, 2.05) is 18.3 Å². The molecule has 4 heteroatoms. The van der Waals surface area contributed by atoms with E-state index >= 15 is 0 Å². The van der Waals surface area contributed by atoms with Gasteiger partial charge in [0.25, 0.3) is 0 Å². The molecule has 0 aliphatic rings. The molecule has 0 atom stereocenters. The van der Waals surface area contributed by atoms with Crippen molar-refractivity contribution in [2.24, 2.45) is 0 Å². The molecule has 0 unspecified atom stereocenters. The van der Waals surface area contributed by atoms with E-state index in [0.717, 1.165) is 34.1 Å². The summed E-state index contributed by atoms with van der Waals surface area (Å²) in [5.41, 5.74) is 4.14. The topological polar surface area (TPSA) is 41.6 Å². The molecule has 0 spiro atoms. The van der Waals surface area contributed by atoms with Gasteiger partial charge in [-0.3, -0.25) is 4.98 Å². The van der Waals surface area contributed by atoms with Crippen molar-refractivity contribution >= 4 is 23.1 Å². The zero-order valence-corrected chi connectivity index (χ0v) is 11.4. The maximum absolute atomic E-state index is 5.31. The molecule has 1 N–H and O–H groups in total. The first kappa shape index (κ1) is 12.0. The number of hydrogen-bond donors (Lipinski definition) is 1. The second-order valence-electron chi connectivity index (χ2n) is 4.30. The predicted octanol–water partition coefficient (Wildman–Crippen LogP) is 3.92. The molecule has 0 radical (unpaired) electrons. The standard InChI is InChI=1S/C15H13N3S/c1-2-11-14(17-9-18-15(11)19)12-7-3-5-10-6-4-8-16-13(10)12/h3-9H,2H2,1H3,(H,17,18,19).